The second-order valence-electron chi connectivity index (χ2n) is 10.6. The van der Waals surface area contributed by atoms with Crippen LogP contribution >= 0.6 is 0 Å². The summed E-state index contributed by atoms with van der Waals surface area (Å²) in [5.41, 5.74) is 0.467. The number of amides is 3. The number of rotatable bonds is 9. The van der Waals surface area contributed by atoms with Crippen LogP contribution in [0.5, 0.6) is 0 Å². The van der Waals surface area contributed by atoms with Crippen LogP contribution in [0.3, 0.4) is 0 Å². The van der Waals surface area contributed by atoms with Crippen molar-refractivity contribution in [1.82, 2.24) is 15.5 Å². The molecule has 1 fully saturated rings. The molecule has 0 spiro atoms. The van der Waals surface area contributed by atoms with Crippen molar-refractivity contribution in [2.75, 3.05) is 0 Å². The van der Waals surface area contributed by atoms with Gasteiger partial charge in [0.25, 0.3) is 0 Å². The van der Waals surface area contributed by atoms with Crippen LogP contribution in [0.15, 0.2) is 24.3 Å². The van der Waals surface area contributed by atoms with Gasteiger partial charge in [0.1, 0.15) is 17.7 Å². The molecule has 1 saturated carbocycles. The summed E-state index contributed by atoms with van der Waals surface area (Å²) in [6.07, 6.45) is 8.33. The van der Waals surface area contributed by atoms with Gasteiger partial charge in [-0.15, -0.1) is 6.42 Å². The van der Waals surface area contributed by atoms with E-state index < -0.39 is 23.8 Å². The minimum Gasteiger partial charge on any atom is -0.444 e. The Bertz CT molecular complexity index is 940. The molecule has 3 atom stereocenters. The first-order chi connectivity index (χ1) is 16.4. The van der Waals surface area contributed by atoms with Gasteiger partial charge in [-0.2, -0.15) is 0 Å². The minimum atomic E-state index is -0.908. The average molecular weight is 484 g/mol. The Morgan fingerprint density at radius 1 is 1.14 bits per heavy atom. The summed E-state index contributed by atoms with van der Waals surface area (Å²) in [5.74, 6) is 1.91. The van der Waals surface area contributed by atoms with Crippen LogP contribution < -0.4 is 10.6 Å². The van der Waals surface area contributed by atoms with E-state index in [0.717, 1.165) is 19.3 Å². The van der Waals surface area contributed by atoms with Crippen LogP contribution in [0.2, 0.25) is 0 Å². The van der Waals surface area contributed by atoms with Crippen molar-refractivity contribution in [2.24, 2.45) is 5.92 Å². The van der Waals surface area contributed by atoms with Crippen LogP contribution in [-0.4, -0.2) is 46.5 Å². The molecule has 0 heterocycles. The van der Waals surface area contributed by atoms with Gasteiger partial charge < -0.3 is 20.3 Å². The fraction of sp³-hybridized carbons (Fsp3) is 0.607. The predicted molar refractivity (Wildman–Crippen MR) is 137 cm³/mol. The lowest BCUT2D eigenvalue weighted by atomic mass is 9.86. The number of nitrogens with zero attached hydrogens (tertiary/aromatic N) is 1. The van der Waals surface area contributed by atoms with Gasteiger partial charge in [-0.05, 0) is 71.4 Å². The first-order valence-corrected chi connectivity index (χ1v) is 12.6. The third kappa shape index (κ3) is 7.48. The summed E-state index contributed by atoms with van der Waals surface area (Å²) in [6, 6.07) is 5.22. The second kappa shape index (κ2) is 12.1. The minimum absolute atomic E-state index is 0.119. The van der Waals surface area contributed by atoms with Gasteiger partial charge in [0.05, 0.1) is 0 Å². The molecule has 7 heteroatoms. The Labute approximate surface area is 210 Å². The fourth-order valence-corrected chi connectivity index (χ4v) is 4.11. The van der Waals surface area contributed by atoms with Crippen LogP contribution in [0.1, 0.15) is 91.3 Å². The number of carbonyl (C=O) groups excluding carboxylic acids is 3. The number of hydrogen-bond donors (Lipinski definition) is 2. The molecule has 0 aromatic heterocycles. The van der Waals surface area contributed by atoms with E-state index in [1.165, 1.54) is 0 Å². The molecule has 0 aliphatic heterocycles. The lowest BCUT2D eigenvalue weighted by Crippen LogP contribution is -2.59. The molecule has 7 nitrogen and oxygen atoms in total. The third-order valence-electron chi connectivity index (χ3n) is 6.24. The summed E-state index contributed by atoms with van der Waals surface area (Å²) in [5, 5.41) is 5.77. The molecule has 1 aromatic rings. The van der Waals surface area contributed by atoms with Gasteiger partial charge in [-0.1, -0.05) is 44.4 Å². The molecule has 35 heavy (non-hydrogen) atoms. The average Bonchev–Trinajstić information content (AvgIpc) is 2.73. The second-order valence-corrected chi connectivity index (χ2v) is 10.6. The van der Waals surface area contributed by atoms with E-state index in [9.17, 15) is 14.4 Å². The number of carbonyl (C=O) groups is 3. The van der Waals surface area contributed by atoms with Gasteiger partial charge in [0, 0.05) is 17.6 Å². The van der Waals surface area contributed by atoms with Crippen molar-refractivity contribution >= 4 is 17.9 Å². The fourth-order valence-electron chi connectivity index (χ4n) is 4.11. The number of hydrogen-bond acceptors (Lipinski definition) is 4. The standard InChI is InChI=1S/C28H41N3O4/c1-9-19(5)23(30-27(34)35-28(6,7)8)26(33)31(21-15-13-16-21)24(25(32)29-18(3)4)22-17-12-11-14-20(22)10-2/h2,11-12,14,17-19,21,23-24H,9,13,15-16H2,1,3-8H3,(H,29,32)(H,30,34). The van der Waals surface area contributed by atoms with E-state index in [1.54, 1.807) is 37.8 Å². The van der Waals surface area contributed by atoms with E-state index in [1.807, 2.05) is 39.8 Å². The Kier molecular flexibility index (Phi) is 9.76. The van der Waals surface area contributed by atoms with E-state index in [-0.39, 0.29) is 29.8 Å². The van der Waals surface area contributed by atoms with Crippen LogP contribution in [0, 0.1) is 18.3 Å². The summed E-state index contributed by atoms with van der Waals surface area (Å²) in [6.45, 7) is 13.0. The van der Waals surface area contributed by atoms with Crippen molar-refractivity contribution in [3.05, 3.63) is 35.4 Å². The highest BCUT2D eigenvalue weighted by molar-refractivity contribution is 5.93. The highest BCUT2D eigenvalue weighted by Gasteiger charge is 2.43. The zero-order chi connectivity index (χ0) is 26.3. The van der Waals surface area contributed by atoms with Crippen molar-refractivity contribution in [1.29, 1.82) is 0 Å². The molecular weight excluding hydrogens is 442 g/mol. The van der Waals surface area contributed by atoms with E-state index in [4.69, 9.17) is 11.2 Å². The van der Waals surface area contributed by atoms with Crippen LogP contribution in [-0.2, 0) is 14.3 Å². The maximum absolute atomic E-state index is 14.2. The van der Waals surface area contributed by atoms with E-state index >= 15 is 0 Å². The number of alkyl carbamates (subject to hydrolysis) is 1. The highest BCUT2D eigenvalue weighted by Crippen LogP contribution is 2.35. The monoisotopic (exact) mass is 483 g/mol. The number of benzene rings is 1. The van der Waals surface area contributed by atoms with Gasteiger partial charge in [0.15, 0.2) is 0 Å². The quantitative estimate of drug-likeness (QED) is 0.504. The Morgan fingerprint density at radius 2 is 1.77 bits per heavy atom. The molecule has 192 valence electrons. The maximum atomic E-state index is 14.2. The Hall–Kier alpha value is -3.01. The first-order valence-electron chi connectivity index (χ1n) is 12.6. The van der Waals surface area contributed by atoms with Crippen molar-refractivity contribution in [2.45, 2.75) is 104 Å². The molecule has 3 amide bonds. The predicted octanol–water partition coefficient (Wildman–Crippen LogP) is 4.55. The van der Waals surface area contributed by atoms with E-state index in [0.29, 0.717) is 17.5 Å². The molecule has 3 unspecified atom stereocenters. The lowest BCUT2D eigenvalue weighted by molar-refractivity contribution is -0.148. The molecule has 0 bridgehead atoms. The normalized spacial score (nSPS) is 16.3. The smallest absolute Gasteiger partial charge is 0.408 e. The van der Waals surface area contributed by atoms with Crippen molar-refractivity contribution in [3.63, 3.8) is 0 Å². The SMILES string of the molecule is C#Cc1ccccc1C(C(=O)NC(C)C)N(C(=O)C(NC(=O)OC(C)(C)C)C(C)CC)C1CCC1. The van der Waals surface area contributed by atoms with Gasteiger partial charge in [0.2, 0.25) is 11.8 Å². The Balaban J connectivity index is 2.56. The molecule has 2 rings (SSSR count). The topological polar surface area (TPSA) is 87.7 Å². The number of nitrogens with one attached hydrogen (secondary N) is 2. The third-order valence-corrected chi connectivity index (χ3v) is 6.24. The summed E-state index contributed by atoms with van der Waals surface area (Å²) in [7, 11) is 0. The van der Waals surface area contributed by atoms with Crippen molar-refractivity contribution in [3.8, 4) is 12.3 Å². The van der Waals surface area contributed by atoms with Crippen LogP contribution in [0.4, 0.5) is 4.79 Å². The zero-order valence-corrected chi connectivity index (χ0v) is 22.2. The van der Waals surface area contributed by atoms with Crippen LogP contribution in [0.25, 0.3) is 0 Å². The zero-order valence-electron chi connectivity index (χ0n) is 22.2. The lowest BCUT2D eigenvalue weighted by Gasteiger charge is -2.44. The molecule has 1 aromatic carbocycles. The molecule has 1 aliphatic carbocycles. The summed E-state index contributed by atoms with van der Waals surface area (Å²) < 4.78 is 5.45. The summed E-state index contributed by atoms with van der Waals surface area (Å²) >= 11 is 0. The van der Waals surface area contributed by atoms with Gasteiger partial charge in [-0.25, -0.2) is 4.79 Å². The number of ether oxygens (including phenoxy) is 1. The molecule has 2 N–H and O–H groups in total. The van der Waals surface area contributed by atoms with E-state index in [2.05, 4.69) is 16.6 Å². The van der Waals surface area contributed by atoms with Gasteiger partial charge in [-0.3, -0.25) is 9.59 Å². The largest absolute Gasteiger partial charge is 0.444 e. The number of terminal acetylenes is 1. The van der Waals surface area contributed by atoms with Crippen molar-refractivity contribution < 1.29 is 19.1 Å². The molecule has 0 radical (unpaired) electrons. The Morgan fingerprint density at radius 3 is 2.26 bits per heavy atom. The molecular formula is C28H41N3O4. The summed E-state index contributed by atoms with van der Waals surface area (Å²) in [4.78, 5) is 42.1. The van der Waals surface area contributed by atoms with Gasteiger partial charge >= 0.3 is 6.09 Å². The molecule has 1 aliphatic rings. The highest BCUT2D eigenvalue weighted by atomic mass is 16.6. The first kappa shape index (κ1) is 28.2. The maximum Gasteiger partial charge on any atom is 0.408 e. The molecule has 0 saturated heterocycles.